The van der Waals surface area contributed by atoms with Crippen LogP contribution < -0.4 is 4.74 Å². The van der Waals surface area contributed by atoms with Crippen LogP contribution in [-0.4, -0.2) is 5.43 Å². The fourth-order valence-electron chi connectivity index (χ4n) is 0.581. The zero-order chi connectivity index (χ0) is 9.40. The molecule has 2 nitrogen and oxygen atoms in total. The molecule has 0 spiro atoms. The van der Waals surface area contributed by atoms with E-state index in [-0.39, 0.29) is 7.43 Å². The fourth-order valence-corrected chi connectivity index (χ4v) is 0.670. The van der Waals surface area contributed by atoms with Gasteiger partial charge >= 0.3 is 5.43 Å². The van der Waals surface area contributed by atoms with Crippen LogP contribution in [0.25, 0.3) is 0 Å². The van der Waals surface area contributed by atoms with E-state index >= 15 is 0 Å². The molecule has 1 aromatic carbocycles. The van der Waals surface area contributed by atoms with Crippen LogP contribution in [0.3, 0.4) is 0 Å². The molecule has 0 N–H and O–H groups in total. The van der Waals surface area contributed by atoms with Crippen LogP contribution in [0.1, 0.15) is 21.3 Å². The minimum absolute atomic E-state index is 0. The Labute approximate surface area is 84.5 Å². The molecule has 0 unspecified atom stereocenters. The molecule has 0 fully saturated rings. The summed E-state index contributed by atoms with van der Waals surface area (Å²) in [6.45, 7) is 4.00. The predicted molar refractivity (Wildman–Crippen MR) is 56.4 cm³/mol. The van der Waals surface area contributed by atoms with Crippen molar-refractivity contribution in [3.63, 3.8) is 0 Å². The van der Waals surface area contributed by atoms with Gasteiger partial charge in [0.15, 0.2) is 0 Å². The summed E-state index contributed by atoms with van der Waals surface area (Å²) in [5.74, 6) is 0.461. The Balaban J connectivity index is 0. The summed E-state index contributed by atoms with van der Waals surface area (Å²) in [5, 5.41) is 0. The van der Waals surface area contributed by atoms with Crippen molar-refractivity contribution in [1.29, 1.82) is 0 Å². The third-order valence-corrected chi connectivity index (χ3v) is 1.02. The lowest BCUT2D eigenvalue weighted by atomic mass is 10.3. The van der Waals surface area contributed by atoms with E-state index in [1.54, 1.807) is 24.3 Å². The Kier molecular flexibility index (Phi) is 10.1. The van der Waals surface area contributed by atoms with Gasteiger partial charge in [-0.05, 0) is 12.1 Å². The maximum Gasteiger partial charge on any atom is 0.409 e. The molecule has 0 atom stereocenters. The van der Waals surface area contributed by atoms with Crippen molar-refractivity contribution in [3.8, 4) is 5.75 Å². The normalized spacial score (nSPS) is 7.31. The highest BCUT2D eigenvalue weighted by molar-refractivity contribution is 6.61. The summed E-state index contributed by atoms with van der Waals surface area (Å²) < 4.78 is 4.54. The standard InChI is InChI=1S/C7H5ClO2.C2H6.CH4/c8-7(9)10-6-4-2-1-3-5-6;1-2;/h1-5H;1-2H3;1H4. The Morgan fingerprint density at radius 2 is 1.69 bits per heavy atom. The molecule has 13 heavy (non-hydrogen) atoms. The SMILES string of the molecule is C.CC.O=C(Cl)Oc1ccccc1. The molecule has 0 amide bonds. The van der Waals surface area contributed by atoms with Crippen molar-refractivity contribution in [1.82, 2.24) is 0 Å². The Morgan fingerprint density at radius 3 is 2.08 bits per heavy atom. The lowest BCUT2D eigenvalue weighted by Gasteiger charge is -1.95. The predicted octanol–water partition coefficient (Wildman–Crippen LogP) is 4.09. The first kappa shape index (κ1) is 14.5. The molecular formula is C10H15ClO2. The monoisotopic (exact) mass is 202 g/mol. The first-order chi connectivity index (χ1) is 5.79. The van der Waals surface area contributed by atoms with Crippen molar-refractivity contribution >= 4 is 17.0 Å². The number of benzene rings is 1. The molecule has 1 aromatic rings. The van der Waals surface area contributed by atoms with E-state index in [1.807, 2.05) is 19.9 Å². The van der Waals surface area contributed by atoms with Crippen LogP contribution in [-0.2, 0) is 0 Å². The molecule has 0 saturated carbocycles. The highest BCUT2D eigenvalue weighted by Gasteiger charge is 1.95. The van der Waals surface area contributed by atoms with Crippen molar-refractivity contribution < 1.29 is 9.53 Å². The highest BCUT2D eigenvalue weighted by Crippen LogP contribution is 2.09. The van der Waals surface area contributed by atoms with E-state index in [4.69, 9.17) is 11.6 Å². The zero-order valence-corrected chi connectivity index (χ0v) is 7.84. The minimum Gasteiger partial charge on any atom is -0.415 e. The van der Waals surface area contributed by atoms with E-state index in [2.05, 4.69) is 4.74 Å². The number of ether oxygens (including phenoxy) is 1. The van der Waals surface area contributed by atoms with Gasteiger partial charge < -0.3 is 4.74 Å². The van der Waals surface area contributed by atoms with Crippen LogP contribution in [0.15, 0.2) is 30.3 Å². The maximum atomic E-state index is 10.2. The average Bonchev–Trinajstić information content (AvgIpc) is 2.08. The first-order valence-corrected chi connectivity index (χ1v) is 4.09. The molecular weight excluding hydrogens is 188 g/mol. The number of carbonyl (C=O) groups excluding carboxylic acids is 1. The molecule has 74 valence electrons. The minimum atomic E-state index is -0.814. The van der Waals surface area contributed by atoms with Gasteiger partial charge in [0.25, 0.3) is 0 Å². The van der Waals surface area contributed by atoms with Crippen molar-refractivity contribution in [2.24, 2.45) is 0 Å². The quantitative estimate of drug-likeness (QED) is 0.642. The van der Waals surface area contributed by atoms with Crippen molar-refractivity contribution in [2.45, 2.75) is 21.3 Å². The van der Waals surface area contributed by atoms with Crippen LogP contribution in [0.2, 0.25) is 0 Å². The highest BCUT2D eigenvalue weighted by atomic mass is 35.5. The zero-order valence-electron chi connectivity index (χ0n) is 7.08. The number of carbonyl (C=O) groups is 1. The Morgan fingerprint density at radius 1 is 1.23 bits per heavy atom. The number of hydrogen-bond donors (Lipinski definition) is 0. The van der Waals surface area contributed by atoms with Gasteiger partial charge in [0.05, 0.1) is 0 Å². The number of para-hydroxylation sites is 1. The van der Waals surface area contributed by atoms with Gasteiger partial charge in [-0.2, -0.15) is 0 Å². The summed E-state index contributed by atoms with van der Waals surface area (Å²) in [5.41, 5.74) is -0.814. The average molecular weight is 203 g/mol. The summed E-state index contributed by atoms with van der Waals surface area (Å²) in [4.78, 5) is 10.2. The lowest BCUT2D eigenvalue weighted by Crippen LogP contribution is -1.94. The smallest absolute Gasteiger partial charge is 0.409 e. The summed E-state index contributed by atoms with van der Waals surface area (Å²) >= 11 is 4.95. The molecule has 1 rings (SSSR count). The molecule has 0 bridgehead atoms. The van der Waals surface area contributed by atoms with Crippen LogP contribution >= 0.6 is 11.6 Å². The van der Waals surface area contributed by atoms with Gasteiger partial charge in [0.1, 0.15) is 5.75 Å². The first-order valence-electron chi connectivity index (χ1n) is 3.71. The van der Waals surface area contributed by atoms with E-state index in [0.29, 0.717) is 5.75 Å². The van der Waals surface area contributed by atoms with Gasteiger partial charge in [0.2, 0.25) is 0 Å². The largest absolute Gasteiger partial charge is 0.415 e. The summed E-state index contributed by atoms with van der Waals surface area (Å²) in [7, 11) is 0. The molecule has 0 saturated heterocycles. The topological polar surface area (TPSA) is 26.3 Å². The number of hydrogen-bond acceptors (Lipinski definition) is 2. The van der Waals surface area contributed by atoms with Gasteiger partial charge in [0, 0.05) is 11.6 Å². The fraction of sp³-hybridized carbons (Fsp3) is 0.300. The molecule has 3 heteroatoms. The van der Waals surface area contributed by atoms with E-state index in [0.717, 1.165) is 0 Å². The molecule has 0 aliphatic rings. The summed E-state index contributed by atoms with van der Waals surface area (Å²) in [6.07, 6.45) is 0. The van der Waals surface area contributed by atoms with Crippen LogP contribution in [0.4, 0.5) is 4.79 Å². The van der Waals surface area contributed by atoms with Gasteiger partial charge in [-0.15, -0.1) is 0 Å². The second kappa shape index (κ2) is 9.07. The Hall–Kier alpha value is -1.02. The third-order valence-electron chi connectivity index (χ3n) is 0.941. The maximum absolute atomic E-state index is 10.2. The van der Waals surface area contributed by atoms with Crippen LogP contribution in [0, 0.1) is 0 Å². The molecule has 0 aliphatic carbocycles. The number of halogens is 1. The summed E-state index contributed by atoms with van der Waals surface area (Å²) in [6, 6.07) is 8.65. The van der Waals surface area contributed by atoms with Gasteiger partial charge in [-0.25, -0.2) is 4.79 Å². The molecule has 0 aromatic heterocycles. The third kappa shape index (κ3) is 7.34. The lowest BCUT2D eigenvalue weighted by molar-refractivity contribution is 0.225. The Bertz CT molecular complexity index is 222. The molecule has 0 aliphatic heterocycles. The number of rotatable bonds is 1. The molecule has 0 heterocycles. The van der Waals surface area contributed by atoms with Crippen molar-refractivity contribution in [3.05, 3.63) is 30.3 Å². The van der Waals surface area contributed by atoms with Crippen molar-refractivity contribution in [2.75, 3.05) is 0 Å². The second-order valence-corrected chi connectivity index (χ2v) is 1.96. The van der Waals surface area contributed by atoms with E-state index in [1.165, 1.54) is 0 Å². The van der Waals surface area contributed by atoms with E-state index < -0.39 is 5.43 Å². The van der Waals surface area contributed by atoms with E-state index in [9.17, 15) is 4.79 Å². The second-order valence-electron chi connectivity index (χ2n) is 1.65. The van der Waals surface area contributed by atoms with Gasteiger partial charge in [-0.1, -0.05) is 39.5 Å². The van der Waals surface area contributed by atoms with Crippen LogP contribution in [0.5, 0.6) is 5.75 Å². The molecule has 0 radical (unpaired) electrons. The van der Waals surface area contributed by atoms with Gasteiger partial charge in [-0.3, -0.25) is 0 Å².